The zero-order valence-electron chi connectivity index (χ0n) is 14.7. The predicted octanol–water partition coefficient (Wildman–Crippen LogP) is 2.24. The molecular formula is C19H28N2O3. The van der Waals surface area contributed by atoms with Gasteiger partial charge in [-0.3, -0.25) is 4.79 Å². The Kier molecular flexibility index (Phi) is 5.61. The Morgan fingerprint density at radius 2 is 2.00 bits per heavy atom. The fraction of sp³-hybridized carbons (Fsp3) is 0.632. The molecule has 1 atom stereocenters. The van der Waals surface area contributed by atoms with Gasteiger partial charge in [0, 0.05) is 32.1 Å². The van der Waals surface area contributed by atoms with Gasteiger partial charge in [-0.15, -0.1) is 0 Å². The number of nitrogens with zero attached hydrogens (tertiary/aromatic N) is 1. The second-order valence-corrected chi connectivity index (χ2v) is 6.95. The number of methoxy groups -OCH3 is 2. The fourth-order valence-corrected chi connectivity index (χ4v) is 3.38. The van der Waals surface area contributed by atoms with E-state index in [9.17, 15) is 4.79 Å². The summed E-state index contributed by atoms with van der Waals surface area (Å²) in [6, 6.07) is 6.14. The topological polar surface area (TPSA) is 50.8 Å². The minimum atomic E-state index is 0.142. The standard InChI is InChI=1S/C19H28N2O3/c1-23-17-7-5-14(11-18(17)24-2)6-8-19(22)20-16-9-10-21(13-16)12-15-3-4-15/h5,7,11,15-16H,3-4,6,8-10,12-13H2,1-2H3,(H,20,22). The van der Waals surface area contributed by atoms with E-state index < -0.39 is 0 Å². The van der Waals surface area contributed by atoms with E-state index in [0.717, 1.165) is 31.0 Å². The van der Waals surface area contributed by atoms with Gasteiger partial charge in [-0.05, 0) is 49.3 Å². The Labute approximate surface area is 144 Å². The Morgan fingerprint density at radius 1 is 1.21 bits per heavy atom. The molecule has 1 aliphatic heterocycles. The van der Waals surface area contributed by atoms with Gasteiger partial charge in [-0.1, -0.05) is 6.07 Å². The van der Waals surface area contributed by atoms with E-state index in [-0.39, 0.29) is 5.91 Å². The van der Waals surface area contributed by atoms with Gasteiger partial charge < -0.3 is 19.7 Å². The molecule has 2 fully saturated rings. The number of hydrogen-bond donors (Lipinski definition) is 1. The third-order valence-corrected chi connectivity index (χ3v) is 4.94. The van der Waals surface area contributed by atoms with Crippen LogP contribution in [0.25, 0.3) is 0 Å². The van der Waals surface area contributed by atoms with Crippen LogP contribution in [0.4, 0.5) is 0 Å². The van der Waals surface area contributed by atoms with Crippen LogP contribution in [0.5, 0.6) is 11.5 Å². The maximum Gasteiger partial charge on any atom is 0.220 e. The van der Waals surface area contributed by atoms with Crippen molar-refractivity contribution >= 4 is 5.91 Å². The highest BCUT2D eigenvalue weighted by atomic mass is 16.5. The van der Waals surface area contributed by atoms with Gasteiger partial charge in [0.05, 0.1) is 14.2 Å². The Morgan fingerprint density at radius 3 is 2.71 bits per heavy atom. The first-order chi connectivity index (χ1) is 11.7. The lowest BCUT2D eigenvalue weighted by Gasteiger charge is -2.16. The highest BCUT2D eigenvalue weighted by Gasteiger charge is 2.29. The molecule has 5 heteroatoms. The second-order valence-electron chi connectivity index (χ2n) is 6.95. The lowest BCUT2D eigenvalue weighted by molar-refractivity contribution is -0.121. The van der Waals surface area contributed by atoms with E-state index in [1.165, 1.54) is 19.4 Å². The summed E-state index contributed by atoms with van der Waals surface area (Å²) in [7, 11) is 3.25. The Hall–Kier alpha value is -1.75. The molecule has 1 aliphatic carbocycles. The molecule has 5 nitrogen and oxygen atoms in total. The summed E-state index contributed by atoms with van der Waals surface area (Å²) in [5, 5.41) is 3.19. The summed E-state index contributed by atoms with van der Waals surface area (Å²) >= 11 is 0. The van der Waals surface area contributed by atoms with Crippen LogP contribution in [0.1, 0.15) is 31.2 Å². The van der Waals surface area contributed by atoms with Gasteiger partial charge in [0.1, 0.15) is 0 Å². The third-order valence-electron chi connectivity index (χ3n) is 4.94. The normalized spacial score (nSPS) is 20.8. The van der Waals surface area contributed by atoms with E-state index >= 15 is 0 Å². The van der Waals surface area contributed by atoms with Crippen molar-refractivity contribution < 1.29 is 14.3 Å². The van der Waals surface area contributed by atoms with Gasteiger partial charge >= 0.3 is 0 Å². The maximum atomic E-state index is 12.2. The van der Waals surface area contributed by atoms with Gasteiger partial charge in [0.25, 0.3) is 0 Å². The molecule has 24 heavy (non-hydrogen) atoms. The summed E-state index contributed by atoms with van der Waals surface area (Å²) < 4.78 is 10.5. The molecule has 1 aromatic carbocycles. The molecule has 1 amide bonds. The van der Waals surface area contributed by atoms with Crippen molar-refractivity contribution in [2.45, 2.75) is 38.1 Å². The monoisotopic (exact) mass is 332 g/mol. The van der Waals surface area contributed by atoms with Crippen molar-refractivity contribution in [3.8, 4) is 11.5 Å². The number of hydrogen-bond acceptors (Lipinski definition) is 4. The van der Waals surface area contributed by atoms with E-state index in [2.05, 4.69) is 10.2 Å². The summed E-state index contributed by atoms with van der Waals surface area (Å²) in [5.41, 5.74) is 1.09. The van der Waals surface area contributed by atoms with Crippen LogP contribution in [-0.4, -0.2) is 50.7 Å². The zero-order chi connectivity index (χ0) is 16.9. The predicted molar refractivity (Wildman–Crippen MR) is 93.6 cm³/mol. The van der Waals surface area contributed by atoms with Crippen LogP contribution in [0.3, 0.4) is 0 Å². The number of ether oxygens (including phenoxy) is 2. The molecular weight excluding hydrogens is 304 g/mol. The van der Waals surface area contributed by atoms with Gasteiger partial charge in [0.15, 0.2) is 11.5 Å². The number of carbonyl (C=O) groups is 1. The first kappa shape index (κ1) is 17.1. The van der Waals surface area contributed by atoms with Crippen molar-refractivity contribution in [3.63, 3.8) is 0 Å². The second kappa shape index (κ2) is 7.88. The van der Waals surface area contributed by atoms with Crippen LogP contribution < -0.4 is 14.8 Å². The van der Waals surface area contributed by atoms with Gasteiger partial charge in [-0.25, -0.2) is 0 Å². The molecule has 132 valence electrons. The minimum Gasteiger partial charge on any atom is -0.493 e. The molecule has 0 radical (unpaired) electrons. The number of nitrogens with one attached hydrogen (secondary N) is 1. The number of likely N-dealkylation sites (tertiary alicyclic amines) is 1. The summed E-state index contributed by atoms with van der Waals surface area (Å²) in [5.74, 6) is 2.49. The van der Waals surface area contributed by atoms with E-state index in [1.807, 2.05) is 18.2 Å². The van der Waals surface area contributed by atoms with Crippen LogP contribution in [-0.2, 0) is 11.2 Å². The molecule has 0 aromatic heterocycles. The molecule has 1 unspecified atom stereocenters. The van der Waals surface area contributed by atoms with Crippen LogP contribution >= 0.6 is 0 Å². The minimum absolute atomic E-state index is 0.142. The number of aryl methyl sites for hydroxylation is 1. The van der Waals surface area contributed by atoms with E-state index in [4.69, 9.17) is 9.47 Å². The highest BCUT2D eigenvalue weighted by Crippen LogP contribution is 2.31. The van der Waals surface area contributed by atoms with Gasteiger partial charge in [0.2, 0.25) is 5.91 Å². The molecule has 0 bridgehead atoms. The smallest absolute Gasteiger partial charge is 0.220 e. The third kappa shape index (κ3) is 4.63. The highest BCUT2D eigenvalue weighted by molar-refractivity contribution is 5.76. The Bertz CT molecular complexity index is 572. The van der Waals surface area contributed by atoms with Crippen LogP contribution in [0.15, 0.2) is 18.2 Å². The molecule has 1 aromatic rings. The van der Waals surface area contributed by atoms with Crippen molar-refractivity contribution in [2.24, 2.45) is 5.92 Å². The molecule has 1 heterocycles. The molecule has 1 N–H and O–H groups in total. The zero-order valence-corrected chi connectivity index (χ0v) is 14.7. The molecule has 3 rings (SSSR count). The van der Waals surface area contributed by atoms with E-state index in [0.29, 0.717) is 30.4 Å². The average Bonchev–Trinajstić information content (AvgIpc) is 3.30. The number of amides is 1. The number of rotatable bonds is 8. The molecule has 0 spiro atoms. The lowest BCUT2D eigenvalue weighted by atomic mass is 10.1. The van der Waals surface area contributed by atoms with Crippen molar-refractivity contribution in [2.75, 3.05) is 33.9 Å². The van der Waals surface area contributed by atoms with E-state index in [1.54, 1.807) is 14.2 Å². The summed E-state index contributed by atoms with van der Waals surface area (Å²) in [6.07, 6.45) is 5.08. The quantitative estimate of drug-likeness (QED) is 0.793. The first-order valence-corrected chi connectivity index (χ1v) is 8.90. The van der Waals surface area contributed by atoms with Crippen LogP contribution in [0.2, 0.25) is 0 Å². The van der Waals surface area contributed by atoms with Gasteiger partial charge in [-0.2, -0.15) is 0 Å². The number of benzene rings is 1. The lowest BCUT2D eigenvalue weighted by Crippen LogP contribution is -2.37. The molecule has 2 aliphatic rings. The maximum absolute atomic E-state index is 12.2. The fourth-order valence-electron chi connectivity index (χ4n) is 3.38. The van der Waals surface area contributed by atoms with Crippen molar-refractivity contribution in [3.05, 3.63) is 23.8 Å². The largest absolute Gasteiger partial charge is 0.493 e. The van der Waals surface area contributed by atoms with Crippen LogP contribution in [0, 0.1) is 5.92 Å². The first-order valence-electron chi connectivity index (χ1n) is 8.90. The summed E-state index contributed by atoms with van der Waals surface area (Å²) in [6.45, 7) is 3.35. The Balaban J connectivity index is 1.42. The number of carbonyl (C=O) groups excluding carboxylic acids is 1. The van der Waals surface area contributed by atoms with Crippen molar-refractivity contribution in [1.29, 1.82) is 0 Å². The molecule has 1 saturated heterocycles. The summed E-state index contributed by atoms with van der Waals surface area (Å²) in [4.78, 5) is 14.7. The average molecular weight is 332 g/mol. The molecule has 1 saturated carbocycles. The SMILES string of the molecule is COc1ccc(CCC(=O)NC2CCN(CC3CC3)C2)cc1OC. The van der Waals surface area contributed by atoms with Crippen molar-refractivity contribution in [1.82, 2.24) is 10.2 Å².